The Morgan fingerprint density at radius 2 is 1.89 bits per heavy atom. The van der Waals surface area contributed by atoms with Crippen LogP contribution in [0, 0.1) is 6.92 Å². The number of para-hydroxylation sites is 1. The predicted molar refractivity (Wildman–Crippen MR) is 140 cm³/mol. The monoisotopic (exact) mass is 477 g/mol. The van der Waals surface area contributed by atoms with Crippen molar-refractivity contribution in [2.75, 3.05) is 20.2 Å². The van der Waals surface area contributed by atoms with Gasteiger partial charge in [-0.2, -0.15) is 5.10 Å². The lowest BCUT2D eigenvalue weighted by atomic mass is 10.0. The second kappa shape index (κ2) is 9.97. The highest BCUT2D eigenvalue weighted by Gasteiger charge is 2.27. The minimum atomic E-state index is -0.225. The molecule has 3 heterocycles. The SMILES string of the molecule is COc1ccccc1CN1CCC(NC(=O)c2cc(C(C)C)nc3c2c(C)nn3C(C)(C)C)CC1. The maximum Gasteiger partial charge on any atom is 0.252 e. The van der Waals surface area contributed by atoms with Crippen molar-refractivity contribution >= 4 is 16.9 Å². The molecule has 1 saturated heterocycles. The molecule has 4 rings (SSSR count). The number of likely N-dealkylation sites (tertiary alicyclic amines) is 1. The number of carbonyl (C=O) groups is 1. The summed E-state index contributed by atoms with van der Waals surface area (Å²) in [7, 11) is 1.72. The molecule has 0 radical (unpaired) electrons. The Balaban J connectivity index is 1.51. The lowest BCUT2D eigenvalue weighted by molar-refractivity contribution is 0.0910. The van der Waals surface area contributed by atoms with E-state index in [1.807, 2.05) is 29.8 Å². The van der Waals surface area contributed by atoms with Crippen LogP contribution in [-0.4, -0.2) is 51.8 Å². The molecule has 35 heavy (non-hydrogen) atoms. The van der Waals surface area contributed by atoms with Crippen molar-refractivity contribution in [3.8, 4) is 5.75 Å². The molecule has 188 valence electrons. The molecule has 0 bridgehead atoms. The van der Waals surface area contributed by atoms with Crippen LogP contribution in [0.4, 0.5) is 0 Å². The van der Waals surface area contributed by atoms with Gasteiger partial charge in [-0.15, -0.1) is 0 Å². The van der Waals surface area contributed by atoms with Crippen molar-refractivity contribution in [1.82, 2.24) is 25.0 Å². The molecule has 0 unspecified atom stereocenters. The number of hydrogen-bond acceptors (Lipinski definition) is 5. The number of benzene rings is 1. The first-order valence-corrected chi connectivity index (χ1v) is 12.6. The summed E-state index contributed by atoms with van der Waals surface area (Å²) >= 11 is 0. The van der Waals surface area contributed by atoms with Crippen molar-refractivity contribution in [3.63, 3.8) is 0 Å². The molecule has 1 aliphatic rings. The Hall–Kier alpha value is -2.93. The van der Waals surface area contributed by atoms with Crippen molar-refractivity contribution in [1.29, 1.82) is 0 Å². The first-order valence-electron chi connectivity index (χ1n) is 12.6. The van der Waals surface area contributed by atoms with E-state index < -0.39 is 0 Å². The van der Waals surface area contributed by atoms with Crippen LogP contribution in [0.5, 0.6) is 5.75 Å². The Kier molecular flexibility index (Phi) is 7.17. The Morgan fingerprint density at radius 1 is 1.20 bits per heavy atom. The summed E-state index contributed by atoms with van der Waals surface area (Å²) in [4.78, 5) is 20.9. The maximum atomic E-state index is 13.6. The third kappa shape index (κ3) is 5.35. The highest BCUT2D eigenvalue weighted by atomic mass is 16.5. The molecule has 0 spiro atoms. The number of ether oxygens (including phenoxy) is 1. The van der Waals surface area contributed by atoms with Crippen LogP contribution in [-0.2, 0) is 12.1 Å². The van der Waals surface area contributed by atoms with Crippen LogP contribution in [0.25, 0.3) is 11.0 Å². The van der Waals surface area contributed by atoms with Crippen LogP contribution in [0.1, 0.15) is 80.7 Å². The highest BCUT2D eigenvalue weighted by Crippen LogP contribution is 2.29. The average molecular weight is 478 g/mol. The van der Waals surface area contributed by atoms with Gasteiger partial charge in [0, 0.05) is 36.9 Å². The van der Waals surface area contributed by atoms with Gasteiger partial charge in [0.25, 0.3) is 5.91 Å². The zero-order valence-corrected chi connectivity index (χ0v) is 22.2. The number of amides is 1. The first-order chi connectivity index (χ1) is 16.6. The molecule has 0 atom stereocenters. The van der Waals surface area contributed by atoms with E-state index in [4.69, 9.17) is 14.8 Å². The van der Waals surface area contributed by atoms with E-state index >= 15 is 0 Å². The number of carbonyl (C=O) groups excluding carboxylic acids is 1. The Labute approximate surface area is 208 Å². The third-order valence-electron chi connectivity index (χ3n) is 6.81. The number of fused-ring (bicyclic) bond motifs is 1. The quantitative estimate of drug-likeness (QED) is 0.540. The lowest BCUT2D eigenvalue weighted by Gasteiger charge is -2.32. The molecule has 0 saturated carbocycles. The minimum Gasteiger partial charge on any atom is -0.496 e. The highest BCUT2D eigenvalue weighted by molar-refractivity contribution is 6.06. The number of pyridine rings is 1. The first kappa shape index (κ1) is 25.2. The van der Waals surface area contributed by atoms with Crippen molar-refractivity contribution in [2.24, 2.45) is 0 Å². The van der Waals surface area contributed by atoms with Crippen LogP contribution in [0.3, 0.4) is 0 Å². The van der Waals surface area contributed by atoms with Crippen LogP contribution in [0.2, 0.25) is 0 Å². The second-order valence-electron chi connectivity index (χ2n) is 11.0. The molecule has 7 heteroatoms. The average Bonchev–Trinajstić information content (AvgIpc) is 3.17. The summed E-state index contributed by atoms with van der Waals surface area (Å²) < 4.78 is 7.46. The van der Waals surface area contributed by atoms with E-state index in [0.29, 0.717) is 5.56 Å². The zero-order chi connectivity index (χ0) is 25.3. The number of methoxy groups -OCH3 is 1. The largest absolute Gasteiger partial charge is 0.496 e. The topological polar surface area (TPSA) is 72.3 Å². The fourth-order valence-corrected chi connectivity index (χ4v) is 4.82. The van der Waals surface area contributed by atoms with Crippen molar-refractivity contribution in [3.05, 3.63) is 52.8 Å². The lowest BCUT2D eigenvalue weighted by Crippen LogP contribution is -2.44. The smallest absolute Gasteiger partial charge is 0.252 e. The molecule has 1 aliphatic heterocycles. The van der Waals surface area contributed by atoms with Gasteiger partial charge in [-0.1, -0.05) is 32.0 Å². The van der Waals surface area contributed by atoms with Crippen LogP contribution < -0.4 is 10.1 Å². The van der Waals surface area contributed by atoms with Gasteiger partial charge in [-0.05, 0) is 58.6 Å². The van der Waals surface area contributed by atoms with Gasteiger partial charge >= 0.3 is 0 Å². The van der Waals surface area contributed by atoms with Crippen molar-refractivity contribution < 1.29 is 9.53 Å². The summed E-state index contributed by atoms with van der Waals surface area (Å²) in [6.45, 7) is 15.3. The van der Waals surface area contributed by atoms with E-state index in [1.165, 1.54) is 5.56 Å². The zero-order valence-electron chi connectivity index (χ0n) is 22.2. The number of aromatic nitrogens is 3. The Bertz CT molecular complexity index is 1200. The van der Waals surface area contributed by atoms with E-state index in [-0.39, 0.29) is 23.4 Å². The van der Waals surface area contributed by atoms with E-state index in [2.05, 4.69) is 57.0 Å². The number of rotatable bonds is 6. The molecule has 0 aliphatic carbocycles. The fourth-order valence-electron chi connectivity index (χ4n) is 4.82. The standard InChI is InChI=1S/C28H39N5O2/c1-18(2)23-16-22(25-19(3)31-33(26(25)30-23)28(4,5)6)27(34)29-21-12-14-32(15-13-21)17-20-10-8-9-11-24(20)35-7/h8-11,16,18,21H,12-15,17H2,1-7H3,(H,29,34). The van der Waals surface area contributed by atoms with Crippen LogP contribution in [0.15, 0.2) is 30.3 Å². The summed E-state index contributed by atoms with van der Waals surface area (Å²) in [6.07, 6.45) is 1.85. The maximum absolute atomic E-state index is 13.6. The van der Waals surface area contributed by atoms with Gasteiger partial charge in [-0.25, -0.2) is 9.67 Å². The molecule has 1 N–H and O–H groups in total. The number of aryl methyl sites for hydroxylation is 1. The summed E-state index contributed by atoms with van der Waals surface area (Å²) in [5, 5.41) is 8.95. The summed E-state index contributed by atoms with van der Waals surface area (Å²) in [6, 6.07) is 10.3. The molecule has 3 aromatic rings. The molecule has 1 amide bonds. The van der Waals surface area contributed by atoms with E-state index in [9.17, 15) is 4.79 Å². The van der Waals surface area contributed by atoms with Gasteiger partial charge < -0.3 is 10.1 Å². The molecule has 7 nitrogen and oxygen atoms in total. The van der Waals surface area contributed by atoms with Crippen molar-refractivity contribution in [2.45, 2.75) is 78.4 Å². The van der Waals surface area contributed by atoms with Crippen LogP contribution >= 0.6 is 0 Å². The minimum absolute atomic E-state index is 0.0287. The molecular formula is C28H39N5O2. The summed E-state index contributed by atoms with van der Waals surface area (Å²) in [5.41, 5.74) is 4.21. The third-order valence-corrected chi connectivity index (χ3v) is 6.81. The number of piperidine rings is 1. The second-order valence-corrected chi connectivity index (χ2v) is 11.0. The fraction of sp³-hybridized carbons (Fsp3) is 0.536. The molecule has 1 aromatic carbocycles. The van der Waals surface area contributed by atoms with Gasteiger partial charge in [-0.3, -0.25) is 9.69 Å². The van der Waals surface area contributed by atoms with Gasteiger partial charge in [0.15, 0.2) is 5.65 Å². The molecule has 2 aromatic heterocycles. The number of nitrogens with one attached hydrogen (secondary N) is 1. The molecular weight excluding hydrogens is 438 g/mol. The number of hydrogen-bond donors (Lipinski definition) is 1. The van der Waals surface area contributed by atoms with Gasteiger partial charge in [0.1, 0.15) is 5.75 Å². The normalized spacial score (nSPS) is 15.7. The molecule has 1 fully saturated rings. The van der Waals surface area contributed by atoms with E-state index in [0.717, 1.165) is 60.6 Å². The van der Waals surface area contributed by atoms with E-state index in [1.54, 1.807) is 7.11 Å². The van der Waals surface area contributed by atoms with Gasteiger partial charge in [0.05, 0.1) is 29.3 Å². The van der Waals surface area contributed by atoms with Gasteiger partial charge in [0.2, 0.25) is 0 Å². The summed E-state index contributed by atoms with van der Waals surface area (Å²) in [5.74, 6) is 1.11. The Morgan fingerprint density at radius 3 is 2.51 bits per heavy atom. The predicted octanol–water partition coefficient (Wildman–Crippen LogP) is 5.02. The number of nitrogens with zero attached hydrogens (tertiary/aromatic N) is 4.